The molecule has 1 N–H and O–H groups in total. The minimum Gasteiger partial charge on any atom is -0.465 e. The fourth-order valence-corrected chi connectivity index (χ4v) is 4.26. The quantitative estimate of drug-likeness (QED) is 0.839. The third-order valence-corrected chi connectivity index (χ3v) is 5.65. The van der Waals surface area contributed by atoms with Gasteiger partial charge in [0.2, 0.25) is 10.0 Å². The normalized spacial score (nSPS) is 20.2. The summed E-state index contributed by atoms with van der Waals surface area (Å²) in [5.74, 6) is -0.559. The summed E-state index contributed by atoms with van der Waals surface area (Å²) in [4.78, 5) is 11.4. The number of piperazine rings is 1. The Balaban J connectivity index is 2.34. The number of halogens is 1. The molecule has 1 aliphatic rings. The number of hydrogen-bond donors (Lipinski definition) is 1. The van der Waals surface area contributed by atoms with E-state index in [-0.39, 0.29) is 21.5 Å². The van der Waals surface area contributed by atoms with Crippen molar-refractivity contribution in [2.24, 2.45) is 0 Å². The topological polar surface area (TPSA) is 75.7 Å². The average molecular weight is 333 g/mol. The van der Waals surface area contributed by atoms with Gasteiger partial charge < -0.3 is 10.1 Å². The highest BCUT2D eigenvalue weighted by atomic mass is 35.5. The van der Waals surface area contributed by atoms with E-state index in [1.165, 1.54) is 29.6 Å². The van der Waals surface area contributed by atoms with Gasteiger partial charge in [-0.05, 0) is 25.1 Å². The molecule has 6 nitrogen and oxygen atoms in total. The molecule has 1 aromatic carbocycles. The maximum atomic E-state index is 12.6. The molecule has 0 amide bonds. The fraction of sp³-hybridized carbons (Fsp3) is 0.462. The molecular weight excluding hydrogens is 316 g/mol. The molecular formula is C13H17ClN2O4S. The number of benzene rings is 1. The van der Waals surface area contributed by atoms with Crippen LogP contribution in [0.25, 0.3) is 0 Å². The Hall–Kier alpha value is -1.15. The number of esters is 1. The Labute approximate surface area is 129 Å². The zero-order valence-electron chi connectivity index (χ0n) is 11.8. The molecule has 1 unspecified atom stereocenters. The van der Waals surface area contributed by atoms with Gasteiger partial charge in [-0.1, -0.05) is 11.6 Å². The second kappa shape index (κ2) is 6.31. The molecule has 0 bridgehead atoms. The summed E-state index contributed by atoms with van der Waals surface area (Å²) in [6, 6.07) is 4.14. The summed E-state index contributed by atoms with van der Waals surface area (Å²) in [5, 5.41) is 3.20. The highest BCUT2D eigenvalue weighted by Crippen LogP contribution is 2.26. The Kier molecular flexibility index (Phi) is 4.88. The molecule has 0 aromatic heterocycles. The molecule has 0 saturated carbocycles. The Morgan fingerprint density at radius 1 is 1.48 bits per heavy atom. The number of rotatable bonds is 3. The van der Waals surface area contributed by atoms with Crippen molar-refractivity contribution in [2.45, 2.75) is 17.9 Å². The van der Waals surface area contributed by atoms with Crippen molar-refractivity contribution in [1.29, 1.82) is 0 Å². The monoisotopic (exact) mass is 332 g/mol. The molecule has 1 atom stereocenters. The first kappa shape index (κ1) is 16.2. The van der Waals surface area contributed by atoms with Gasteiger partial charge >= 0.3 is 5.97 Å². The van der Waals surface area contributed by atoms with Crippen LogP contribution < -0.4 is 5.32 Å². The van der Waals surface area contributed by atoms with Gasteiger partial charge in [-0.3, -0.25) is 0 Å². The van der Waals surface area contributed by atoms with Crippen LogP contribution in [-0.2, 0) is 14.8 Å². The Morgan fingerprint density at radius 3 is 2.76 bits per heavy atom. The van der Waals surface area contributed by atoms with Crippen molar-refractivity contribution in [3.05, 3.63) is 28.8 Å². The van der Waals surface area contributed by atoms with Crippen molar-refractivity contribution in [3.8, 4) is 0 Å². The summed E-state index contributed by atoms with van der Waals surface area (Å²) >= 11 is 6.04. The third kappa shape index (κ3) is 3.37. The van der Waals surface area contributed by atoms with Crippen LogP contribution in [0.2, 0.25) is 5.02 Å². The van der Waals surface area contributed by atoms with Gasteiger partial charge in [-0.25, -0.2) is 13.2 Å². The zero-order chi connectivity index (χ0) is 15.6. The minimum atomic E-state index is -3.67. The lowest BCUT2D eigenvalue weighted by Crippen LogP contribution is -2.51. The van der Waals surface area contributed by atoms with Crippen LogP contribution in [-0.4, -0.2) is 51.5 Å². The standard InChI is InChI=1S/C13H17ClN2O4S/c1-9-8-16(6-5-15-9)21(18,19)12-4-3-10(7-11(12)14)13(17)20-2/h3-4,7,9,15H,5-6,8H2,1-2H3. The summed E-state index contributed by atoms with van der Waals surface area (Å²) in [5.41, 5.74) is 0.218. The number of sulfonamides is 1. The molecule has 8 heteroatoms. The van der Waals surface area contributed by atoms with Crippen LogP contribution in [0.5, 0.6) is 0 Å². The zero-order valence-corrected chi connectivity index (χ0v) is 13.4. The molecule has 0 aliphatic carbocycles. The molecule has 1 aliphatic heterocycles. The van der Waals surface area contributed by atoms with Crippen molar-refractivity contribution in [1.82, 2.24) is 9.62 Å². The van der Waals surface area contributed by atoms with E-state index < -0.39 is 16.0 Å². The van der Waals surface area contributed by atoms with Crippen LogP contribution in [0, 0.1) is 0 Å². The van der Waals surface area contributed by atoms with Gasteiger partial charge in [-0.2, -0.15) is 4.31 Å². The van der Waals surface area contributed by atoms with Crippen molar-refractivity contribution in [2.75, 3.05) is 26.7 Å². The lowest BCUT2D eigenvalue weighted by Gasteiger charge is -2.31. The molecule has 0 radical (unpaired) electrons. The molecule has 1 aromatic rings. The van der Waals surface area contributed by atoms with Crippen molar-refractivity contribution in [3.63, 3.8) is 0 Å². The van der Waals surface area contributed by atoms with Gasteiger partial charge in [0.1, 0.15) is 4.90 Å². The lowest BCUT2D eigenvalue weighted by molar-refractivity contribution is 0.0600. The summed E-state index contributed by atoms with van der Waals surface area (Å²) in [6.45, 7) is 3.29. The summed E-state index contributed by atoms with van der Waals surface area (Å²) in [7, 11) is -2.41. The van der Waals surface area contributed by atoms with E-state index in [4.69, 9.17) is 11.6 Å². The predicted octanol–water partition coefficient (Wildman–Crippen LogP) is 1.11. The highest BCUT2D eigenvalue weighted by molar-refractivity contribution is 7.89. The predicted molar refractivity (Wildman–Crippen MR) is 79.0 cm³/mol. The number of carbonyl (C=O) groups excluding carboxylic acids is 1. The molecule has 0 spiro atoms. The van der Waals surface area contributed by atoms with Gasteiger partial charge in [0, 0.05) is 25.7 Å². The van der Waals surface area contributed by atoms with Crippen LogP contribution in [0.15, 0.2) is 23.1 Å². The van der Waals surface area contributed by atoms with Crippen LogP contribution in [0.1, 0.15) is 17.3 Å². The maximum absolute atomic E-state index is 12.6. The van der Waals surface area contributed by atoms with Crippen LogP contribution >= 0.6 is 11.6 Å². The first-order valence-electron chi connectivity index (χ1n) is 6.47. The number of nitrogens with one attached hydrogen (secondary N) is 1. The molecule has 1 saturated heterocycles. The molecule has 2 rings (SSSR count). The van der Waals surface area contributed by atoms with Gasteiger partial charge in [0.25, 0.3) is 0 Å². The number of ether oxygens (including phenoxy) is 1. The average Bonchev–Trinajstić information content (AvgIpc) is 2.46. The van der Waals surface area contributed by atoms with Gasteiger partial charge in [0.05, 0.1) is 17.7 Å². The van der Waals surface area contributed by atoms with E-state index in [1.54, 1.807) is 0 Å². The van der Waals surface area contributed by atoms with Crippen molar-refractivity contribution < 1.29 is 17.9 Å². The summed E-state index contributed by atoms with van der Waals surface area (Å²) in [6.07, 6.45) is 0. The van der Waals surface area contributed by atoms with E-state index in [0.717, 1.165) is 0 Å². The number of hydrogen-bond acceptors (Lipinski definition) is 5. The van der Waals surface area contributed by atoms with Crippen LogP contribution in [0.3, 0.4) is 0 Å². The van der Waals surface area contributed by atoms with E-state index >= 15 is 0 Å². The number of methoxy groups -OCH3 is 1. The lowest BCUT2D eigenvalue weighted by atomic mass is 10.2. The smallest absolute Gasteiger partial charge is 0.337 e. The summed E-state index contributed by atoms with van der Waals surface area (Å²) < 4.78 is 31.2. The van der Waals surface area contributed by atoms with Crippen molar-refractivity contribution >= 4 is 27.6 Å². The Bertz CT molecular complexity index is 648. The maximum Gasteiger partial charge on any atom is 0.337 e. The van der Waals surface area contributed by atoms with Gasteiger partial charge in [-0.15, -0.1) is 0 Å². The number of carbonyl (C=O) groups is 1. The van der Waals surface area contributed by atoms with E-state index in [1.807, 2.05) is 6.92 Å². The molecule has 1 heterocycles. The first-order valence-corrected chi connectivity index (χ1v) is 8.29. The van der Waals surface area contributed by atoms with Crippen LogP contribution in [0.4, 0.5) is 0 Å². The largest absolute Gasteiger partial charge is 0.465 e. The van der Waals surface area contributed by atoms with Gasteiger partial charge in [0.15, 0.2) is 0 Å². The molecule has 21 heavy (non-hydrogen) atoms. The van der Waals surface area contributed by atoms with E-state index in [2.05, 4.69) is 10.1 Å². The van der Waals surface area contributed by atoms with E-state index in [0.29, 0.717) is 19.6 Å². The number of nitrogens with zero attached hydrogens (tertiary/aromatic N) is 1. The SMILES string of the molecule is COC(=O)c1ccc(S(=O)(=O)N2CCNC(C)C2)c(Cl)c1. The molecule has 1 fully saturated rings. The Morgan fingerprint density at radius 2 is 2.19 bits per heavy atom. The minimum absolute atomic E-state index is 0.00548. The second-order valence-corrected chi connectivity index (χ2v) is 7.17. The molecule has 116 valence electrons. The third-order valence-electron chi connectivity index (χ3n) is 3.30. The highest BCUT2D eigenvalue weighted by Gasteiger charge is 2.30. The first-order chi connectivity index (χ1) is 9.86. The fourth-order valence-electron chi connectivity index (χ4n) is 2.21. The second-order valence-electron chi connectivity index (χ2n) is 4.86. The van der Waals surface area contributed by atoms with E-state index in [9.17, 15) is 13.2 Å².